The second kappa shape index (κ2) is 5.32. The Hall–Kier alpha value is -1.46. The summed E-state index contributed by atoms with van der Waals surface area (Å²) in [5.74, 6) is 1.14. The van der Waals surface area contributed by atoms with Gasteiger partial charge >= 0.3 is 0 Å². The zero-order valence-electron chi connectivity index (χ0n) is 13.2. The summed E-state index contributed by atoms with van der Waals surface area (Å²) >= 11 is 1.75. The predicted octanol–water partition coefficient (Wildman–Crippen LogP) is 2.87. The Morgan fingerprint density at radius 1 is 1.18 bits per heavy atom. The van der Waals surface area contributed by atoms with E-state index in [0.29, 0.717) is 5.41 Å². The summed E-state index contributed by atoms with van der Waals surface area (Å²) < 4.78 is 0. The molecular weight excluding hydrogens is 292 g/mol. The van der Waals surface area contributed by atoms with Crippen LogP contribution in [0, 0.1) is 19.3 Å². The number of pyridine rings is 1. The largest absolute Gasteiger partial charge is 0.355 e. The molecule has 0 atom stereocenters. The Morgan fingerprint density at radius 2 is 2.05 bits per heavy atom. The molecule has 0 radical (unpaired) electrons. The van der Waals surface area contributed by atoms with Crippen molar-refractivity contribution in [2.24, 2.45) is 5.41 Å². The van der Waals surface area contributed by atoms with Crippen molar-refractivity contribution in [3.8, 4) is 0 Å². The van der Waals surface area contributed by atoms with E-state index >= 15 is 0 Å². The summed E-state index contributed by atoms with van der Waals surface area (Å²) in [7, 11) is 0. The highest BCUT2D eigenvalue weighted by Gasteiger charge is 2.47. The molecule has 2 saturated heterocycles. The van der Waals surface area contributed by atoms with Crippen LogP contribution in [-0.2, 0) is 6.54 Å². The molecule has 0 aromatic carbocycles. The molecule has 2 aliphatic rings. The van der Waals surface area contributed by atoms with Crippen LogP contribution in [0.3, 0.4) is 0 Å². The van der Waals surface area contributed by atoms with Crippen molar-refractivity contribution < 1.29 is 0 Å². The minimum atomic E-state index is 0.483. The maximum atomic E-state index is 4.64. The van der Waals surface area contributed by atoms with Gasteiger partial charge in [-0.05, 0) is 38.9 Å². The Labute approximate surface area is 135 Å². The molecule has 2 fully saturated rings. The summed E-state index contributed by atoms with van der Waals surface area (Å²) in [6, 6.07) is 6.30. The van der Waals surface area contributed by atoms with E-state index in [2.05, 4.69) is 57.2 Å². The smallest absolute Gasteiger partial charge is 0.128 e. The molecule has 116 valence electrons. The van der Waals surface area contributed by atoms with E-state index in [1.165, 1.54) is 30.2 Å². The lowest BCUT2D eigenvalue weighted by Crippen LogP contribution is -2.58. The van der Waals surface area contributed by atoms with Crippen molar-refractivity contribution in [2.45, 2.75) is 26.8 Å². The fourth-order valence-electron chi connectivity index (χ4n) is 3.76. The fraction of sp³-hybridized carbons (Fsp3) is 0.529. The first-order valence-corrected chi connectivity index (χ1v) is 8.82. The third kappa shape index (κ3) is 2.63. The minimum absolute atomic E-state index is 0.483. The van der Waals surface area contributed by atoms with Gasteiger partial charge in [-0.2, -0.15) is 0 Å². The van der Waals surface area contributed by atoms with Crippen LogP contribution in [0.15, 0.2) is 23.6 Å². The predicted molar refractivity (Wildman–Crippen MR) is 90.4 cm³/mol. The number of aromatic nitrogens is 2. The first-order chi connectivity index (χ1) is 10.6. The second-order valence-corrected chi connectivity index (χ2v) is 7.87. The molecule has 0 unspecified atom stereocenters. The number of aryl methyl sites for hydroxylation is 2. The van der Waals surface area contributed by atoms with Crippen molar-refractivity contribution >= 4 is 17.2 Å². The van der Waals surface area contributed by atoms with Gasteiger partial charge in [-0.15, -0.1) is 11.3 Å². The van der Waals surface area contributed by atoms with E-state index in [1.54, 1.807) is 11.3 Å². The molecule has 0 N–H and O–H groups in total. The van der Waals surface area contributed by atoms with Crippen LogP contribution in [0.25, 0.3) is 0 Å². The standard InChI is InChI=1S/C17H22N4S/c1-13-4-3-5-16(18-13)21-11-17(12-21)6-7-20(10-17)8-15-9-22-14(2)19-15/h3-5,9H,6-8,10-12H2,1-2H3. The topological polar surface area (TPSA) is 32.3 Å². The highest BCUT2D eigenvalue weighted by Crippen LogP contribution is 2.41. The zero-order valence-corrected chi connectivity index (χ0v) is 14.1. The Morgan fingerprint density at radius 3 is 2.77 bits per heavy atom. The van der Waals surface area contributed by atoms with Crippen LogP contribution in [0.5, 0.6) is 0 Å². The highest BCUT2D eigenvalue weighted by atomic mass is 32.1. The molecule has 0 amide bonds. The monoisotopic (exact) mass is 314 g/mol. The maximum absolute atomic E-state index is 4.64. The summed E-state index contributed by atoms with van der Waals surface area (Å²) in [6.45, 7) is 9.85. The first-order valence-electron chi connectivity index (χ1n) is 7.94. The van der Waals surface area contributed by atoms with Crippen molar-refractivity contribution in [3.05, 3.63) is 40.0 Å². The van der Waals surface area contributed by atoms with Gasteiger partial charge < -0.3 is 4.90 Å². The van der Waals surface area contributed by atoms with E-state index in [-0.39, 0.29) is 0 Å². The van der Waals surface area contributed by atoms with Gasteiger partial charge in [-0.25, -0.2) is 9.97 Å². The molecule has 0 aliphatic carbocycles. The highest BCUT2D eigenvalue weighted by molar-refractivity contribution is 7.09. The van der Waals surface area contributed by atoms with Gasteiger partial charge in [0.2, 0.25) is 0 Å². The molecule has 0 saturated carbocycles. The Balaban J connectivity index is 1.36. The molecule has 2 aromatic heterocycles. The lowest BCUT2D eigenvalue weighted by atomic mass is 9.79. The van der Waals surface area contributed by atoms with Gasteiger partial charge in [-0.1, -0.05) is 6.07 Å². The average molecular weight is 314 g/mol. The number of hydrogen-bond acceptors (Lipinski definition) is 5. The Bertz CT molecular complexity index is 675. The van der Waals surface area contributed by atoms with Gasteiger partial charge in [0.15, 0.2) is 0 Å². The molecule has 0 bridgehead atoms. The number of rotatable bonds is 3. The van der Waals surface area contributed by atoms with Gasteiger partial charge in [0.05, 0.1) is 10.7 Å². The average Bonchev–Trinajstić information content (AvgIpc) is 3.04. The number of likely N-dealkylation sites (tertiary alicyclic amines) is 1. The van der Waals surface area contributed by atoms with E-state index in [9.17, 15) is 0 Å². The van der Waals surface area contributed by atoms with Gasteiger partial charge in [0, 0.05) is 42.7 Å². The fourth-order valence-corrected chi connectivity index (χ4v) is 4.36. The van der Waals surface area contributed by atoms with Crippen molar-refractivity contribution in [2.75, 3.05) is 31.1 Å². The van der Waals surface area contributed by atoms with E-state index in [1.807, 2.05) is 0 Å². The minimum Gasteiger partial charge on any atom is -0.355 e. The van der Waals surface area contributed by atoms with Crippen LogP contribution in [0.1, 0.15) is 22.8 Å². The van der Waals surface area contributed by atoms with E-state index < -0.39 is 0 Å². The third-order valence-corrected chi connectivity index (χ3v) is 5.64. The van der Waals surface area contributed by atoms with Gasteiger partial charge in [-0.3, -0.25) is 4.90 Å². The molecule has 1 spiro atoms. The van der Waals surface area contributed by atoms with Crippen LogP contribution in [-0.4, -0.2) is 41.0 Å². The zero-order chi connectivity index (χ0) is 15.2. The molecular formula is C17H22N4S. The van der Waals surface area contributed by atoms with Crippen molar-refractivity contribution in [1.29, 1.82) is 0 Å². The maximum Gasteiger partial charge on any atom is 0.128 e. The lowest BCUT2D eigenvalue weighted by molar-refractivity contribution is 0.200. The summed E-state index contributed by atoms with van der Waals surface area (Å²) in [4.78, 5) is 14.2. The van der Waals surface area contributed by atoms with Gasteiger partial charge in [0.25, 0.3) is 0 Å². The number of anilines is 1. The summed E-state index contributed by atoms with van der Waals surface area (Å²) in [5.41, 5.74) is 2.82. The SMILES string of the molecule is Cc1cccc(N2CC3(CCN(Cc4csc(C)n4)C3)C2)n1. The van der Waals surface area contributed by atoms with Crippen molar-refractivity contribution in [3.63, 3.8) is 0 Å². The van der Waals surface area contributed by atoms with Crippen LogP contribution < -0.4 is 4.90 Å². The normalized spacial score (nSPS) is 20.5. The number of thiazole rings is 1. The molecule has 5 heteroatoms. The third-order valence-electron chi connectivity index (χ3n) is 4.82. The number of hydrogen-bond donors (Lipinski definition) is 0. The number of nitrogens with zero attached hydrogens (tertiary/aromatic N) is 4. The molecule has 2 aliphatic heterocycles. The first kappa shape index (κ1) is 14.2. The summed E-state index contributed by atoms with van der Waals surface area (Å²) in [5, 5.41) is 3.37. The quantitative estimate of drug-likeness (QED) is 0.872. The molecule has 4 rings (SSSR count). The van der Waals surface area contributed by atoms with Crippen LogP contribution >= 0.6 is 11.3 Å². The van der Waals surface area contributed by atoms with Crippen molar-refractivity contribution in [1.82, 2.24) is 14.9 Å². The van der Waals surface area contributed by atoms with Crippen LogP contribution in [0.2, 0.25) is 0 Å². The molecule has 4 heterocycles. The Kier molecular flexibility index (Phi) is 3.42. The van der Waals surface area contributed by atoms with Crippen LogP contribution in [0.4, 0.5) is 5.82 Å². The van der Waals surface area contributed by atoms with Gasteiger partial charge in [0.1, 0.15) is 5.82 Å². The molecule has 22 heavy (non-hydrogen) atoms. The lowest BCUT2D eigenvalue weighted by Gasteiger charge is -2.49. The second-order valence-electron chi connectivity index (χ2n) is 6.81. The molecule has 2 aromatic rings. The summed E-state index contributed by atoms with van der Waals surface area (Å²) in [6.07, 6.45) is 1.30. The van der Waals surface area contributed by atoms with E-state index in [4.69, 9.17) is 0 Å². The molecule has 4 nitrogen and oxygen atoms in total. The van der Waals surface area contributed by atoms with E-state index in [0.717, 1.165) is 31.1 Å².